The van der Waals surface area contributed by atoms with Gasteiger partial charge < -0.3 is 15.1 Å². The van der Waals surface area contributed by atoms with E-state index in [9.17, 15) is 13.2 Å². The number of hydrogen-bond acceptors (Lipinski definition) is 4. The molecular weight excluding hydrogens is 338 g/mol. The van der Waals surface area contributed by atoms with Gasteiger partial charge in [0.25, 0.3) is 0 Å². The van der Waals surface area contributed by atoms with Crippen LogP contribution in [0, 0.1) is 0 Å². The molecule has 0 radical (unpaired) electrons. The van der Waals surface area contributed by atoms with Crippen LogP contribution in [0.2, 0.25) is 0 Å². The maximum Gasteiger partial charge on any atom is 0.317 e. The van der Waals surface area contributed by atoms with Crippen LogP contribution in [0.5, 0.6) is 0 Å². The number of likely N-dealkylation sites (N-methyl/N-ethyl adjacent to an activating group) is 1. The minimum absolute atomic E-state index is 0.167. The second-order valence-corrected chi connectivity index (χ2v) is 8.56. The molecule has 2 amide bonds. The number of hydrogen-bond donors (Lipinski definition) is 1. The van der Waals surface area contributed by atoms with E-state index < -0.39 is 15.1 Å². The second-order valence-electron chi connectivity index (χ2n) is 6.33. The van der Waals surface area contributed by atoms with Gasteiger partial charge in [-0.25, -0.2) is 13.2 Å². The van der Waals surface area contributed by atoms with E-state index >= 15 is 0 Å². The van der Waals surface area contributed by atoms with Crippen LogP contribution in [0.15, 0.2) is 35.2 Å². The second kappa shape index (κ2) is 9.20. The first-order valence-corrected chi connectivity index (χ1v) is 10.6. The quantitative estimate of drug-likeness (QED) is 0.800. The maximum atomic E-state index is 12.8. The highest BCUT2D eigenvalue weighted by molar-refractivity contribution is 7.92. The van der Waals surface area contributed by atoms with E-state index in [1.807, 2.05) is 0 Å². The third-order valence-electron chi connectivity index (χ3n) is 4.77. The molecule has 1 heterocycles. The number of piperidine rings is 1. The molecule has 140 valence electrons. The van der Waals surface area contributed by atoms with Gasteiger partial charge in [-0.1, -0.05) is 32.0 Å². The van der Waals surface area contributed by atoms with Crippen LogP contribution in [0.25, 0.3) is 0 Å². The zero-order valence-corrected chi connectivity index (χ0v) is 16.0. The highest BCUT2D eigenvalue weighted by Crippen LogP contribution is 2.23. The van der Waals surface area contributed by atoms with Gasteiger partial charge in [-0.2, -0.15) is 0 Å². The highest BCUT2D eigenvalue weighted by Gasteiger charge is 2.33. The lowest BCUT2D eigenvalue weighted by atomic mass is 10.1. The average molecular weight is 368 g/mol. The van der Waals surface area contributed by atoms with E-state index in [4.69, 9.17) is 0 Å². The molecule has 2 rings (SSSR count). The van der Waals surface area contributed by atoms with Gasteiger partial charge in [0.2, 0.25) is 0 Å². The largest absolute Gasteiger partial charge is 0.337 e. The summed E-state index contributed by atoms with van der Waals surface area (Å²) < 4.78 is 25.5. The number of carbonyl (C=O) groups excluding carboxylic acids is 1. The predicted octanol–water partition coefficient (Wildman–Crippen LogP) is 1.98. The summed E-state index contributed by atoms with van der Waals surface area (Å²) >= 11 is 0. The zero-order valence-electron chi connectivity index (χ0n) is 15.1. The van der Waals surface area contributed by atoms with E-state index in [1.54, 1.807) is 35.2 Å². The van der Waals surface area contributed by atoms with Gasteiger partial charge >= 0.3 is 6.03 Å². The Morgan fingerprint density at radius 1 is 1.24 bits per heavy atom. The first kappa shape index (κ1) is 19.7. The molecule has 1 saturated heterocycles. The molecule has 0 bridgehead atoms. The van der Waals surface area contributed by atoms with Crippen LogP contribution in [-0.4, -0.2) is 68.8 Å². The van der Waals surface area contributed by atoms with E-state index in [0.29, 0.717) is 30.8 Å². The summed E-state index contributed by atoms with van der Waals surface area (Å²) in [6, 6.07) is 8.34. The summed E-state index contributed by atoms with van der Waals surface area (Å²) in [4.78, 5) is 16.6. The van der Waals surface area contributed by atoms with Crippen molar-refractivity contribution in [2.75, 3.05) is 39.3 Å². The fourth-order valence-corrected chi connectivity index (χ4v) is 4.93. The van der Waals surface area contributed by atoms with E-state index in [0.717, 1.165) is 19.6 Å². The fourth-order valence-electron chi connectivity index (χ4n) is 3.15. The van der Waals surface area contributed by atoms with Crippen LogP contribution in [0.1, 0.15) is 26.7 Å². The van der Waals surface area contributed by atoms with Crippen molar-refractivity contribution in [2.24, 2.45) is 0 Å². The third-order valence-corrected chi connectivity index (χ3v) is 6.97. The third kappa shape index (κ3) is 5.19. The molecule has 1 aromatic carbocycles. The first-order chi connectivity index (χ1) is 12.0. The fraction of sp³-hybridized carbons (Fsp3) is 0.611. The van der Waals surface area contributed by atoms with Crippen molar-refractivity contribution in [3.05, 3.63) is 30.3 Å². The van der Waals surface area contributed by atoms with Gasteiger partial charge in [0, 0.05) is 26.2 Å². The Morgan fingerprint density at radius 2 is 1.92 bits per heavy atom. The number of benzene rings is 1. The van der Waals surface area contributed by atoms with Crippen molar-refractivity contribution in [3.63, 3.8) is 0 Å². The molecule has 1 aliphatic heterocycles. The van der Waals surface area contributed by atoms with Crippen molar-refractivity contribution < 1.29 is 13.2 Å². The Kier molecular flexibility index (Phi) is 7.25. The Hall–Kier alpha value is -1.60. The molecule has 1 N–H and O–H groups in total. The average Bonchev–Trinajstić information content (AvgIpc) is 2.66. The van der Waals surface area contributed by atoms with Crippen molar-refractivity contribution >= 4 is 15.9 Å². The monoisotopic (exact) mass is 367 g/mol. The molecule has 0 aliphatic carbocycles. The number of rotatable bonds is 7. The lowest BCUT2D eigenvalue weighted by molar-refractivity contribution is 0.185. The topological polar surface area (TPSA) is 69.7 Å². The predicted molar refractivity (Wildman–Crippen MR) is 99.4 cm³/mol. The number of amides is 2. The molecule has 7 heteroatoms. The van der Waals surface area contributed by atoms with Crippen LogP contribution in [0.3, 0.4) is 0 Å². The Morgan fingerprint density at radius 3 is 2.56 bits per heavy atom. The van der Waals surface area contributed by atoms with E-state index in [1.165, 1.54) is 0 Å². The maximum absolute atomic E-state index is 12.8. The zero-order chi connectivity index (χ0) is 18.3. The van der Waals surface area contributed by atoms with Crippen LogP contribution in [-0.2, 0) is 9.84 Å². The van der Waals surface area contributed by atoms with Gasteiger partial charge in [0.15, 0.2) is 9.84 Å². The van der Waals surface area contributed by atoms with Crippen molar-refractivity contribution in [2.45, 2.75) is 36.8 Å². The summed E-state index contributed by atoms with van der Waals surface area (Å²) in [6.07, 6.45) is 1.31. The minimum Gasteiger partial charge on any atom is -0.337 e. The molecule has 0 saturated carbocycles. The van der Waals surface area contributed by atoms with Crippen molar-refractivity contribution in [3.8, 4) is 0 Å². The van der Waals surface area contributed by atoms with Crippen LogP contribution in [0.4, 0.5) is 4.79 Å². The molecular formula is C18H29N3O3S. The summed E-state index contributed by atoms with van der Waals surface area (Å²) in [5, 5.41) is 2.38. The molecule has 1 atom stereocenters. The van der Waals surface area contributed by atoms with Crippen molar-refractivity contribution in [1.29, 1.82) is 0 Å². The lowest BCUT2D eigenvalue weighted by Gasteiger charge is -2.32. The smallest absolute Gasteiger partial charge is 0.317 e. The number of nitrogens with zero attached hydrogens (tertiary/aromatic N) is 2. The summed E-state index contributed by atoms with van der Waals surface area (Å²) in [6.45, 7) is 8.34. The van der Waals surface area contributed by atoms with Gasteiger partial charge in [0.05, 0.1) is 10.1 Å². The molecule has 1 aliphatic rings. The minimum atomic E-state index is -3.40. The number of likely N-dealkylation sites (tertiary alicyclic amines) is 1. The number of sulfone groups is 1. The normalized spacial score (nSPS) is 18.4. The lowest BCUT2D eigenvalue weighted by Crippen LogP contribution is -2.50. The Bertz CT molecular complexity index is 645. The molecule has 6 nitrogen and oxygen atoms in total. The van der Waals surface area contributed by atoms with Crippen LogP contribution < -0.4 is 5.32 Å². The van der Waals surface area contributed by atoms with E-state index in [2.05, 4.69) is 24.1 Å². The Labute approximate surface area is 151 Å². The van der Waals surface area contributed by atoms with Gasteiger partial charge in [0.1, 0.15) is 0 Å². The molecule has 1 unspecified atom stereocenters. The van der Waals surface area contributed by atoms with E-state index in [-0.39, 0.29) is 12.6 Å². The van der Waals surface area contributed by atoms with Gasteiger partial charge in [-0.3, -0.25) is 0 Å². The number of nitrogens with one attached hydrogen (secondary N) is 1. The van der Waals surface area contributed by atoms with Crippen LogP contribution >= 0.6 is 0 Å². The molecule has 25 heavy (non-hydrogen) atoms. The Balaban J connectivity index is 1.93. The summed E-state index contributed by atoms with van der Waals surface area (Å²) in [5.41, 5.74) is 0. The van der Waals surface area contributed by atoms with Crippen molar-refractivity contribution in [1.82, 2.24) is 15.1 Å². The number of urea groups is 1. The molecule has 1 aromatic rings. The SMILES string of the molecule is CCN(CC)CCNC(=O)N1CCCC(S(=O)(=O)c2ccccc2)C1. The standard InChI is InChI=1S/C18H29N3O3S/c1-3-20(4-2)14-12-19-18(22)21-13-8-11-17(15-21)25(23,24)16-9-6-5-7-10-16/h5-7,9-10,17H,3-4,8,11-15H2,1-2H3,(H,19,22). The van der Waals surface area contributed by atoms with Gasteiger partial charge in [-0.15, -0.1) is 0 Å². The highest BCUT2D eigenvalue weighted by atomic mass is 32.2. The number of carbonyl (C=O) groups is 1. The molecule has 0 spiro atoms. The van der Waals surface area contributed by atoms with Gasteiger partial charge in [-0.05, 0) is 38.1 Å². The summed E-state index contributed by atoms with van der Waals surface area (Å²) in [5.74, 6) is 0. The molecule has 0 aromatic heterocycles. The summed E-state index contributed by atoms with van der Waals surface area (Å²) in [7, 11) is -3.40. The molecule has 1 fully saturated rings. The first-order valence-electron chi connectivity index (χ1n) is 9.03.